The second kappa shape index (κ2) is 12.4. The fourth-order valence-electron chi connectivity index (χ4n) is 4.35. The summed E-state index contributed by atoms with van der Waals surface area (Å²) < 4.78 is 0. The number of halogens is 1. The first-order valence-corrected chi connectivity index (χ1v) is 15.6. The summed E-state index contributed by atoms with van der Waals surface area (Å²) in [5, 5.41) is 3.84. The lowest BCUT2D eigenvalue weighted by molar-refractivity contribution is 0.795. The molecule has 0 amide bonds. The van der Waals surface area contributed by atoms with Gasteiger partial charge in [0.05, 0.1) is 0 Å². The molecule has 0 saturated carbocycles. The average Bonchev–Trinajstić information content (AvgIpc) is 2.85. The van der Waals surface area contributed by atoms with Crippen LogP contribution in [0.4, 0.5) is 0 Å². The lowest BCUT2D eigenvalue weighted by Crippen LogP contribution is -2.62. The Bertz CT molecular complexity index is 801. The molecule has 0 aliphatic rings. The van der Waals surface area contributed by atoms with E-state index in [9.17, 15) is 0 Å². The number of benzene rings is 3. The Kier molecular flexibility index (Phi) is 9.63. The topological polar surface area (TPSA) is 0 Å². The molecule has 170 valence electrons. The van der Waals surface area contributed by atoms with Crippen LogP contribution in [0.15, 0.2) is 72.8 Å². The van der Waals surface area contributed by atoms with E-state index in [1.807, 2.05) is 0 Å². The van der Waals surface area contributed by atoms with E-state index in [1.165, 1.54) is 70.8 Å². The first-order chi connectivity index (χ1) is 15.6. The van der Waals surface area contributed by atoms with Crippen molar-refractivity contribution in [2.45, 2.75) is 78.6 Å². The van der Waals surface area contributed by atoms with Crippen LogP contribution in [-0.4, -0.2) is 7.38 Å². The van der Waals surface area contributed by atoms with E-state index in [-0.39, 0.29) is 0 Å². The van der Waals surface area contributed by atoms with E-state index >= 15 is 0 Å². The Morgan fingerprint density at radius 2 is 0.719 bits per heavy atom. The zero-order valence-corrected chi connectivity index (χ0v) is 21.9. The molecule has 0 atom stereocenters. The molecular formula is C30H39ClSi. The summed E-state index contributed by atoms with van der Waals surface area (Å²) in [7, 11) is -2.57. The number of rotatable bonds is 12. The van der Waals surface area contributed by atoms with Gasteiger partial charge in [0.1, 0.15) is 0 Å². The van der Waals surface area contributed by atoms with Gasteiger partial charge in [-0.05, 0) is 70.8 Å². The Morgan fingerprint density at radius 1 is 0.469 bits per heavy atom. The molecule has 0 spiro atoms. The summed E-state index contributed by atoms with van der Waals surface area (Å²) in [6, 6.07) is 27.5. The Balaban J connectivity index is 1.98. The maximum Gasteiger partial charge on any atom is 0.247 e. The summed E-state index contributed by atoms with van der Waals surface area (Å²) in [6.07, 6.45) is 10.8. The summed E-state index contributed by atoms with van der Waals surface area (Å²) in [5.74, 6) is 0. The fourth-order valence-corrected chi connectivity index (χ4v) is 8.36. The van der Waals surface area contributed by atoms with E-state index in [2.05, 4.69) is 93.6 Å². The zero-order chi connectivity index (χ0) is 22.8. The van der Waals surface area contributed by atoms with Crippen LogP contribution < -0.4 is 15.6 Å². The smallest absolute Gasteiger partial charge is 0.149 e. The third-order valence-corrected chi connectivity index (χ3v) is 11.9. The van der Waals surface area contributed by atoms with Crippen molar-refractivity contribution in [3.05, 3.63) is 89.5 Å². The molecule has 0 saturated heterocycles. The van der Waals surface area contributed by atoms with Crippen molar-refractivity contribution in [2.75, 3.05) is 0 Å². The largest absolute Gasteiger partial charge is 0.247 e. The van der Waals surface area contributed by atoms with Gasteiger partial charge < -0.3 is 0 Å². The number of aryl methyl sites for hydroxylation is 3. The maximum absolute atomic E-state index is 7.72. The van der Waals surface area contributed by atoms with Crippen molar-refractivity contribution in [3.8, 4) is 0 Å². The second-order valence-corrected chi connectivity index (χ2v) is 13.8. The third-order valence-electron chi connectivity index (χ3n) is 6.51. The van der Waals surface area contributed by atoms with E-state index in [0.29, 0.717) is 0 Å². The quantitative estimate of drug-likeness (QED) is 0.155. The van der Waals surface area contributed by atoms with Crippen molar-refractivity contribution in [2.24, 2.45) is 0 Å². The van der Waals surface area contributed by atoms with E-state index in [0.717, 1.165) is 19.3 Å². The lowest BCUT2D eigenvalue weighted by atomic mass is 10.1. The van der Waals surface area contributed by atoms with Crippen LogP contribution in [0.1, 0.15) is 76.0 Å². The highest BCUT2D eigenvalue weighted by atomic mass is 35.6. The van der Waals surface area contributed by atoms with Crippen molar-refractivity contribution in [3.63, 3.8) is 0 Å². The molecule has 3 rings (SSSR count). The Morgan fingerprint density at radius 3 is 0.938 bits per heavy atom. The van der Waals surface area contributed by atoms with Gasteiger partial charge in [0.15, 0.2) is 0 Å². The molecule has 0 radical (unpaired) electrons. The van der Waals surface area contributed by atoms with Gasteiger partial charge in [0.2, 0.25) is 7.38 Å². The number of hydrogen-bond acceptors (Lipinski definition) is 0. The normalized spacial score (nSPS) is 11.6. The minimum absolute atomic E-state index is 1.14. The molecule has 0 bridgehead atoms. The Hall–Kier alpha value is -1.83. The van der Waals surface area contributed by atoms with Gasteiger partial charge in [-0.15, -0.1) is 11.1 Å². The minimum Gasteiger partial charge on any atom is -0.149 e. The summed E-state index contributed by atoms with van der Waals surface area (Å²) in [6.45, 7) is 6.75. The zero-order valence-electron chi connectivity index (χ0n) is 20.2. The summed E-state index contributed by atoms with van der Waals surface area (Å²) in [5.41, 5.74) is 4.23. The molecule has 3 aromatic carbocycles. The molecule has 0 aliphatic heterocycles. The standard InChI is InChI=1S/C30H39ClSi/c1-4-7-10-25-13-19-28(20-14-25)32(31,29-21-15-26(16-22-29)11-8-5-2)30-23-17-27(18-24-30)12-9-6-3/h13-24H,4-12H2,1-3H3. The molecule has 0 nitrogen and oxygen atoms in total. The predicted molar refractivity (Wildman–Crippen MR) is 146 cm³/mol. The van der Waals surface area contributed by atoms with Crippen molar-refractivity contribution in [1.82, 2.24) is 0 Å². The highest BCUT2D eigenvalue weighted by Crippen LogP contribution is 2.16. The number of unbranched alkanes of at least 4 members (excludes halogenated alkanes) is 3. The van der Waals surface area contributed by atoms with Gasteiger partial charge in [-0.25, -0.2) is 0 Å². The molecule has 0 heterocycles. The molecule has 0 N–H and O–H groups in total. The van der Waals surface area contributed by atoms with Crippen molar-refractivity contribution >= 4 is 34.0 Å². The van der Waals surface area contributed by atoms with Crippen LogP contribution in [0.2, 0.25) is 0 Å². The molecular weight excluding hydrogens is 424 g/mol. The van der Waals surface area contributed by atoms with Crippen LogP contribution in [0.3, 0.4) is 0 Å². The van der Waals surface area contributed by atoms with Crippen LogP contribution in [0.5, 0.6) is 0 Å². The van der Waals surface area contributed by atoms with Gasteiger partial charge in [-0.3, -0.25) is 0 Å². The van der Waals surface area contributed by atoms with E-state index < -0.39 is 7.38 Å². The number of hydrogen-bond donors (Lipinski definition) is 0. The average molecular weight is 463 g/mol. The van der Waals surface area contributed by atoms with Gasteiger partial charge in [0.25, 0.3) is 0 Å². The van der Waals surface area contributed by atoms with E-state index in [1.54, 1.807) is 0 Å². The van der Waals surface area contributed by atoms with Gasteiger partial charge in [0, 0.05) is 0 Å². The molecule has 32 heavy (non-hydrogen) atoms. The molecule has 2 heteroatoms. The van der Waals surface area contributed by atoms with Crippen LogP contribution in [0, 0.1) is 0 Å². The first kappa shape index (κ1) is 24.8. The molecule has 3 aromatic rings. The van der Waals surface area contributed by atoms with Gasteiger partial charge in [-0.2, -0.15) is 0 Å². The molecule has 0 unspecified atom stereocenters. The minimum atomic E-state index is -2.57. The monoisotopic (exact) mass is 462 g/mol. The molecule has 0 aliphatic carbocycles. The van der Waals surface area contributed by atoms with Crippen LogP contribution >= 0.6 is 11.1 Å². The van der Waals surface area contributed by atoms with Crippen LogP contribution in [-0.2, 0) is 19.3 Å². The SMILES string of the molecule is CCCCc1ccc([Si](Cl)(c2ccc(CCCC)cc2)c2ccc(CCCC)cc2)cc1. The third kappa shape index (κ3) is 6.14. The molecule has 0 aromatic heterocycles. The summed E-state index contributed by atoms with van der Waals surface area (Å²) >= 11 is 7.72. The predicted octanol–water partition coefficient (Wildman–Crippen LogP) is 6.92. The van der Waals surface area contributed by atoms with Crippen molar-refractivity contribution < 1.29 is 0 Å². The van der Waals surface area contributed by atoms with Crippen LogP contribution in [0.25, 0.3) is 0 Å². The summed E-state index contributed by atoms with van der Waals surface area (Å²) in [4.78, 5) is 0. The highest BCUT2D eigenvalue weighted by molar-refractivity contribution is 7.40. The fraction of sp³-hybridized carbons (Fsp3) is 0.400. The lowest BCUT2D eigenvalue weighted by Gasteiger charge is -2.27. The maximum atomic E-state index is 7.72. The van der Waals surface area contributed by atoms with E-state index in [4.69, 9.17) is 11.1 Å². The van der Waals surface area contributed by atoms with Gasteiger partial charge >= 0.3 is 0 Å². The first-order valence-electron chi connectivity index (χ1n) is 12.6. The molecule has 0 fully saturated rings. The Labute approximate surface area is 201 Å². The second-order valence-electron chi connectivity index (χ2n) is 9.06. The highest BCUT2D eigenvalue weighted by Gasteiger charge is 2.37. The van der Waals surface area contributed by atoms with Crippen molar-refractivity contribution in [1.29, 1.82) is 0 Å². The van der Waals surface area contributed by atoms with Gasteiger partial charge in [-0.1, -0.05) is 113 Å².